The molecule has 4 rings (SSSR count). The van der Waals surface area contributed by atoms with Crippen LogP contribution in [0.3, 0.4) is 0 Å². The average molecular weight is 581 g/mol. The zero-order valence-electron chi connectivity index (χ0n) is 24.4. The first-order chi connectivity index (χ1) is 19.5. The van der Waals surface area contributed by atoms with Crippen molar-refractivity contribution in [1.82, 2.24) is 15.4 Å². The number of nitrogens with zero attached hydrogens (tertiary/aromatic N) is 2. The molecule has 0 saturated heterocycles. The lowest BCUT2D eigenvalue weighted by Crippen LogP contribution is -2.52. The van der Waals surface area contributed by atoms with Crippen molar-refractivity contribution >= 4 is 27.7 Å². The summed E-state index contributed by atoms with van der Waals surface area (Å²) in [5.41, 5.74) is 2.71. The first kappa shape index (κ1) is 30.3. The van der Waals surface area contributed by atoms with E-state index in [1.807, 2.05) is 45.0 Å². The Kier molecular flexibility index (Phi) is 9.53. The van der Waals surface area contributed by atoms with Gasteiger partial charge in [0.25, 0.3) is 10.0 Å². The van der Waals surface area contributed by atoms with E-state index in [0.29, 0.717) is 47.8 Å². The van der Waals surface area contributed by atoms with E-state index in [-0.39, 0.29) is 35.0 Å². The van der Waals surface area contributed by atoms with Gasteiger partial charge in [0.15, 0.2) is 5.82 Å². The molecule has 1 aliphatic rings. The molecule has 2 aromatic carbocycles. The molecule has 1 saturated carbocycles. The lowest BCUT2D eigenvalue weighted by molar-refractivity contribution is -0.143. The zero-order chi connectivity index (χ0) is 29.7. The second-order valence-electron chi connectivity index (χ2n) is 11.2. The summed E-state index contributed by atoms with van der Waals surface area (Å²) in [4.78, 5) is 28.2. The third kappa shape index (κ3) is 7.35. The second kappa shape index (κ2) is 12.9. The molecule has 1 heterocycles. The maximum absolute atomic E-state index is 13.3. The summed E-state index contributed by atoms with van der Waals surface area (Å²) in [7, 11) is -3.96. The number of aryl methyl sites for hydroxylation is 1. The predicted octanol–water partition coefficient (Wildman–Crippen LogP) is 5.44. The second-order valence-corrected chi connectivity index (χ2v) is 12.8. The summed E-state index contributed by atoms with van der Waals surface area (Å²) in [6, 6.07) is 13.6. The normalized spacial score (nSPS) is 14.1. The van der Waals surface area contributed by atoms with E-state index in [1.54, 1.807) is 43.0 Å². The van der Waals surface area contributed by atoms with Crippen LogP contribution in [-0.4, -0.2) is 42.9 Å². The van der Waals surface area contributed by atoms with Crippen LogP contribution in [0, 0.1) is 25.7 Å². The fourth-order valence-corrected chi connectivity index (χ4v) is 6.08. The number of hydrogen-bond acceptors (Lipinski definition) is 6. The maximum Gasteiger partial charge on any atom is 0.263 e. The molecule has 1 unspecified atom stereocenters. The van der Waals surface area contributed by atoms with Crippen LogP contribution in [-0.2, 0) is 26.2 Å². The molecular formula is C31H40N4O5S. The largest absolute Gasteiger partial charge is 0.359 e. The van der Waals surface area contributed by atoms with Crippen molar-refractivity contribution in [1.29, 1.82) is 0 Å². The molecular weight excluding hydrogens is 540 g/mol. The number of benzene rings is 2. The van der Waals surface area contributed by atoms with E-state index < -0.39 is 16.1 Å². The summed E-state index contributed by atoms with van der Waals surface area (Å²) < 4.78 is 34.3. The monoisotopic (exact) mass is 580 g/mol. The average Bonchev–Trinajstić information content (AvgIpc) is 3.73. The summed E-state index contributed by atoms with van der Waals surface area (Å²) in [6.45, 7) is 10.3. The first-order valence-corrected chi connectivity index (χ1v) is 15.7. The summed E-state index contributed by atoms with van der Waals surface area (Å²) in [6.07, 6.45) is 3.32. The Balaban J connectivity index is 1.58. The quantitative estimate of drug-likeness (QED) is 0.278. The number of nitrogens with one attached hydrogen (secondary N) is 2. The number of hydrogen-bond donors (Lipinski definition) is 2. The van der Waals surface area contributed by atoms with Crippen molar-refractivity contribution in [2.75, 3.05) is 11.3 Å². The van der Waals surface area contributed by atoms with Gasteiger partial charge in [-0.25, -0.2) is 8.42 Å². The number of carbonyl (C=O) groups excluding carboxylic acids is 2. The highest BCUT2D eigenvalue weighted by Gasteiger charge is 2.33. The summed E-state index contributed by atoms with van der Waals surface area (Å²) >= 11 is 0. The molecule has 9 nitrogen and oxygen atoms in total. The van der Waals surface area contributed by atoms with Gasteiger partial charge in [-0.2, -0.15) is 0 Å². The van der Waals surface area contributed by atoms with Gasteiger partial charge in [-0.05, 0) is 62.1 Å². The molecule has 2 amide bonds. The van der Waals surface area contributed by atoms with Gasteiger partial charge in [-0.15, -0.1) is 0 Å². The van der Waals surface area contributed by atoms with Crippen LogP contribution in [0.4, 0.5) is 5.82 Å². The smallest absolute Gasteiger partial charge is 0.263 e. The van der Waals surface area contributed by atoms with Gasteiger partial charge in [0.1, 0.15) is 11.8 Å². The molecule has 1 atom stereocenters. The lowest BCUT2D eigenvalue weighted by Gasteiger charge is -2.34. The van der Waals surface area contributed by atoms with Crippen LogP contribution >= 0.6 is 0 Å². The number of aromatic nitrogens is 1. The molecule has 0 bridgehead atoms. The van der Waals surface area contributed by atoms with Gasteiger partial charge >= 0.3 is 0 Å². The van der Waals surface area contributed by atoms with Gasteiger partial charge in [-0.3, -0.25) is 14.3 Å². The van der Waals surface area contributed by atoms with Crippen molar-refractivity contribution < 1.29 is 22.5 Å². The summed E-state index contributed by atoms with van der Waals surface area (Å²) in [5, 5.41) is 6.89. The molecule has 2 N–H and O–H groups in total. The number of amides is 2. The zero-order valence-corrected chi connectivity index (χ0v) is 25.3. The number of rotatable bonds is 13. The minimum absolute atomic E-state index is 0.0576. The van der Waals surface area contributed by atoms with E-state index in [1.165, 1.54) is 0 Å². The Morgan fingerprint density at radius 1 is 1.07 bits per heavy atom. The molecule has 3 aromatic rings. The van der Waals surface area contributed by atoms with Gasteiger partial charge in [0, 0.05) is 30.6 Å². The first-order valence-electron chi connectivity index (χ1n) is 14.2. The van der Waals surface area contributed by atoms with Crippen LogP contribution in [0.5, 0.6) is 0 Å². The van der Waals surface area contributed by atoms with Crippen molar-refractivity contribution in [3.8, 4) is 11.1 Å². The van der Waals surface area contributed by atoms with Crippen molar-refractivity contribution in [2.45, 2.75) is 77.8 Å². The van der Waals surface area contributed by atoms with Crippen LogP contribution in [0.15, 0.2) is 57.9 Å². The highest BCUT2D eigenvalue weighted by Crippen LogP contribution is 2.31. The highest BCUT2D eigenvalue weighted by atomic mass is 32.2. The molecule has 220 valence electrons. The van der Waals surface area contributed by atoms with E-state index in [2.05, 4.69) is 15.2 Å². The van der Waals surface area contributed by atoms with Gasteiger partial charge in [0.2, 0.25) is 11.8 Å². The van der Waals surface area contributed by atoms with Crippen LogP contribution in [0.25, 0.3) is 11.1 Å². The van der Waals surface area contributed by atoms with Crippen molar-refractivity contribution in [3.05, 3.63) is 65.4 Å². The van der Waals surface area contributed by atoms with Gasteiger partial charge in [-0.1, -0.05) is 68.4 Å². The molecule has 1 fully saturated rings. The van der Waals surface area contributed by atoms with Crippen LogP contribution < -0.4 is 10.0 Å². The van der Waals surface area contributed by atoms with E-state index in [4.69, 9.17) is 4.52 Å². The van der Waals surface area contributed by atoms with Gasteiger partial charge in [0.05, 0.1) is 4.90 Å². The number of carbonyl (C=O) groups is 2. The number of anilines is 1. The molecule has 0 aliphatic heterocycles. The fourth-order valence-electron chi connectivity index (χ4n) is 4.80. The van der Waals surface area contributed by atoms with E-state index in [0.717, 1.165) is 18.4 Å². The fraction of sp³-hybridized carbons (Fsp3) is 0.452. The molecule has 1 aromatic heterocycles. The van der Waals surface area contributed by atoms with Crippen molar-refractivity contribution in [2.24, 2.45) is 11.8 Å². The van der Waals surface area contributed by atoms with Gasteiger partial charge < -0.3 is 14.7 Å². The number of sulfonamides is 1. The molecule has 0 radical (unpaired) electrons. The Bertz CT molecular complexity index is 1480. The van der Waals surface area contributed by atoms with Crippen LogP contribution in [0.1, 0.15) is 63.3 Å². The Hall–Kier alpha value is -3.66. The highest BCUT2D eigenvalue weighted by molar-refractivity contribution is 7.92. The maximum atomic E-state index is 13.3. The SMILES string of the molecule is CCCC(=O)N(Cc1ccc(-c2ccccc2S(=O)(=O)Nc2noc(C)c2C)cc1)C(C(=O)NCC1CC1)C(C)C. The minimum Gasteiger partial charge on any atom is -0.359 e. The molecule has 10 heteroatoms. The predicted molar refractivity (Wildman–Crippen MR) is 158 cm³/mol. The third-order valence-electron chi connectivity index (χ3n) is 7.46. The lowest BCUT2D eigenvalue weighted by atomic mass is 9.99. The molecule has 1 aliphatic carbocycles. The van der Waals surface area contributed by atoms with E-state index in [9.17, 15) is 18.0 Å². The Morgan fingerprint density at radius 2 is 1.76 bits per heavy atom. The molecule has 41 heavy (non-hydrogen) atoms. The van der Waals surface area contributed by atoms with Crippen molar-refractivity contribution in [3.63, 3.8) is 0 Å². The summed E-state index contributed by atoms with van der Waals surface area (Å²) in [5.74, 6) is 1.01. The third-order valence-corrected chi connectivity index (χ3v) is 8.86. The topological polar surface area (TPSA) is 122 Å². The minimum atomic E-state index is -3.96. The molecule has 0 spiro atoms. The van der Waals surface area contributed by atoms with E-state index >= 15 is 0 Å². The Morgan fingerprint density at radius 3 is 2.34 bits per heavy atom. The Labute approximate surface area is 242 Å². The standard InChI is InChI=1S/C31H40N4O5S/c1-6-9-28(36)35(29(20(2)3)31(37)32-18-23-12-13-23)19-24-14-16-25(17-15-24)26-10-7-8-11-27(26)41(38,39)34-30-21(4)22(5)40-33-30/h7-8,10-11,14-17,20,23,29H,6,9,12-13,18-19H2,1-5H3,(H,32,37)(H,33,34). The van der Waals surface area contributed by atoms with Crippen LogP contribution in [0.2, 0.25) is 0 Å².